The molecule has 1 fully saturated rings. The Kier molecular flexibility index (Phi) is 5.59. The first-order chi connectivity index (χ1) is 9.66. The van der Waals surface area contributed by atoms with Gasteiger partial charge in [0.05, 0.1) is 0 Å². The molecule has 20 heavy (non-hydrogen) atoms. The number of anilines is 1. The normalized spacial score (nSPS) is 16.3. The van der Waals surface area contributed by atoms with Crippen molar-refractivity contribution >= 4 is 23.4 Å². The van der Waals surface area contributed by atoms with Gasteiger partial charge in [0, 0.05) is 50.9 Å². The molecular formula is C15H24N4S. The summed E-state index contributed by atoms with van der Waals surface area (Å²) in [6, 6.07) is 8.62. The SMILES string of the molecule is CN(C)c1ccc(CCN=C(N)N2CCSCC2)cc1. The summed E-state index contributed by atoms with van der Waals surface area (Å²) >= 11 is 1.98. The standard InChI is InChI=1S/C15H24N4S/c1-18(2)14-5-3-13(4-6-14)7-8-17-15(16)19-9-11-20-12-10-19/h3-6H,7-12H2,1-2H3,(H2,16,17). The minimum Gasteiger partial charge on any atom is -0.378 e. The van der Waals surface area contributed by atoms with Crippen LogP contribution in [0.25, 0.3) is 0 Å². The molecule has 110 valence electrons. The molecule has 0 saturated carbocycles. The maximum absolute atomic E-state index is 6.04. The fourth-order valence-electron chi connectivity index (χ4n) is 2.15. The average molecular weight is 292 g/mol. The van der Waals surface area contributed by atoms with Gasteiger partial charge < -0.3 is 15.5 Å². The predicted octanol–water partition coefficient (Wildman–Crippen LogP) is 1.66. The van der Waals surface area contributed by atoms with Crippen molar-refractivity contribution in [1.29, 1.82) is 0 Å². The van der Waals surface area contributed by atoms with Crippen LogP contribution in [-0.2, 0) is 6.42 Å². The molecular weight excluding hydrogens is 268 g/mol. The van der Waals surface area contributed by atoms with Crippen LogP contribution in [0.2, 0.25) is 0 Å². The van der Waals surface area contributed by atoms with Crippen molar-refractivity contribution in [3.05, 3.63) is 29.8 Å². The van der Waals surface area contributed by atoms with E-state index in [2.05, 4.69) is 53.2 Å². The number of aliphatic imine (C=N–C) groups is 1. The van der Waals surface area contributed by atoms with Crippen LogP contribution in [0.15, 0.2) is 29.3 Å². The van der Waals surface area contributed by atoms with E-state index in [4.69, 9.17) is 5.73 Å². The van der Waals surface area contributed by atoms with Crippen molar-refractivity contribution in [2.75, 3.05) is 50.1 Å². The number of nitrogens with zero attached hydrogens (tertiary/aromatic N) is 3. The summed E-state index contributed by atoms with van der Waals surface area (Å²) in [5.74, 6) is 3.01. The highest BCUT2D eigenvalue weighted by Gasteiger charge is 2.11. The van der Waals surface area contributed by atoms with Crippen LogP contribution < -0.4 is 10.6 Å². The summed E-state index contributed by atoms with van der Waals surface area (Å²) in [5.41, 5.74) is 8.57. The van der Waals surface area contributed by atoms with Crippen molar-refractivity contribution in [2.24, 2.45) is 10.7 Å². The lowest BCUT2D eigenvalue weighted by atomic mass is 10.1. The molecule has 2 N–H and O–H groups in total. The lowest BCUT2D eigenvalue weighted by Gasteiger charge is -2.27. The monoisotopic (exact) mass is 292 g/mol. The Bertz CT molecular complexity index is 436. The Morgan fingerprint density at radius 2 is 1.90 bits per heavy atom. The zero-order chi connectivity index (χ0) is 14.4. The molecule has 4 nitrogen and oxygen atoms in total. The van der Waals surface area contributed by atoms with Crippen molar-refractivity contribution in [2.45, 2.75) is 6.42 Å². The molecule has 0 amide bonds. The first-order valence-electron chi connectivity index (χ1n) is 7.05. The van der Waals surface area contributed by atoms with Gasteiger partial charge in [0.25, 0.3) is 0 Å². The number of hydrogen-bond acceptors (Lipinski definition) is 3. The van der Waals surface area contributed by atoms with Gasteiger partial charge in [-0.2, -0.15) is 11.8 Å². The first kappa shape index (κ1) is 15.0. The predicted molar refractivity (Wildman–Crippen MR) is 89.9 cm³/mol. The number of guanidine groups is 1. The first-order valence-corrected chi connectivity index (χ1v) is 8.21. The Labute approximate surface area is 126 Å². The minimum atomic E-state index is 0.704. The molecule has 1 aliphatic rings. The van der Waals surface area contributed by atoms with E-state index in [1.165, 1.54) is 11.3 Å². The van der Waals surface area contributed by atoms with Gasteiger partial charge in [-0.1, -0.05) is 12.1 Å². The van der Waals surface area contributed by atoms with Crippen LogP contribution in [0.4, 0.5) is 5.69 Å². The second-order valence-corrected chi connectivity index (χ2v) is 6.37. The van der Waals surface area contributed by atoms with E-state index in [-0.39, 0.29) is 0 Å². The van der Waals surface area contributed by atoms with E-state index in [9.17, 15) is 0 Å². The summed E-state index contributed by atoms with van der Waals surface area (Å²) < 4.78 is 0. The molecule has 0 atom stereocenters. The second-order valence-electron chi connectivity index (χ2n) is 5.15. The summed E-state index contributed by atoms with van der Waals surface area (Å²) in [7, 11) is 4.10. The van der Waals surface area contributed by atoms with E-state index in [1.54, 1.807) is 0 Å². The topological polar surface area (TPSA) is 44.9 Å². The van der Waals surface area contributed by atoms with Crippen LogP contribution in [0.1, 0.15) is 5.56 Å². The molecule has 1 aliphatic heterocycles. The van der Waals surface area contributed by atoms with Crippen molar-refractivity contribution in [3.63, 3.8) is 0 Å². The van der Waals surface area contributed by atoms with Crippen molar-refractivity contribution in [3.8, 4) is 0 Å². The van der Waals surface area contributed by atoms with Gasteiger partial charge in [-0.15, -0.1) is 0 Å². The number of nitrogens with two attached hydrogens (primary N) is 1. The molecule has 1 saturated heterocycles. The summed E-state index contributed by atoms with van der Waals surface area (Å²) in [4.78, 5) is 8.79. The summed E-state index contributed by atoms with van der Waals surface area (Å²) in [5, 5.41) is 0. The molecule has 0 aromatic heterocycles. The van der Waals surface area contributed by atoms with Gasteiger partial charge in [0.15, 0.2) is 5.96 Å². The van der Waals surface area contributed by atoms with Gasteiger partial charge in [0.2, 0.25) is 0 Å². The molecule has 1 heterocycles. The number of thioether (sulfide) groups is 1. The Balaban J connectivity index is 1.82. The molecule has 0 unspecified atom stereocenters. The second kappa shape index (κ2) is 7.43. The molecule has 0 spiro atoms. The van der Waals surface area contributed by atoms with Gasteiger partial charge in [-0.3, -0.25) is 4.99 Å². The fraction of sp³-hybridized carbons (Fsp3) is 0.533. The van der Waals surface area contributed by atoms with E-state index in [0.717, 1.165) is 37.6 Å². The summed E-state index contributed by atoms with van der Waals surface area (Å²) in [6.45, 7) is 2.81. The third kappa shape index (κ3) is 4.34. The Morgan fingerprint density at radius 3 is 2.50 bits per heavy atom. The zero-order valence-corrected chi connectivity index (χ0v) is 13.2. The van der Waals surface area contributed by atoms with E-state index in [1.807, 2.05) is 11.8 Å². The molecule has 0 aliphatic carbocycles. The van der Waals surface area contributed by atoms with E-state index in [0.29, 0.717) is 5.96 Å². The van der Waals surface area contributed by atoms with Gasteiger partial charge in [-0.05, 0) is 24.1 Å². The van der Waals surface area contributed by atoms with Crippen LogP contribution >= 0.6 is 11.8 Å². The minimum absolute atomic E-state index is 0.704. The Hall–Kier alpha value is -1.36. The fourth-order valence-corrected chi connectivity index (χ4v) is 3.06. The Morgan fingerprint density at radius 1 is 1.25 bits per heavy atom. The number of hydrogen-bond donors (Lipinski definition) is 1. The van der Waals surface area contributed by atoms with Gasteiger partial charge in [-0.25, -0.2) is 0 Å². The quantitative estimate of drug-likeness (QED) is 0.677. The highest BCUT2D eigenvalue weighted by atomic mass is 32.2. The number of benzene rings is 1. The lowest BCUT2D eigenvalue weighted by molar-refractivity contribution is 0.456. The third-order valence-corrected chi connectivity index (χ3v) is 4.40. The van der Waals surface area contributed by atoms with Crippen LogP contribution in [-0.4, -0.2) is 56.1 Å². The molecule has 2 rings (SSSR count). The van der Waals surface area contributed by atoms with E-state index < -0.39 is 0 Å². The lowest BCUT2D eigenvalue weighted by Crippen LogP contribution is -2.42. The third-order valence-electron chi connectivity index (χ3n) is 3.46. The smallest absolute Gasteiger partial charge is 0.191 e. The van der Waals surface area contributed by atoms with Crippen LogP contribution in [0.3, 0.4) is 0 Å². The highest BCUT2D eigenvalue weighted by Crippen LogP contribution is 2.13. The van der Waals surface area contributed by atoms with Gasteiger partial charge in [0.1, 0.15) is 0 Å². The molecule has 5 heteroatoms. The number of rotatable bonds is 4. The van der Waals surface area contributed by atoms with Crippen LogP contribution in [0.5, 0.6) is 0 Å². The van der Waals surface area contributed by atoms with Crippen LogP contribution in [0, 0.1) is 0 Å². The molecule has 1 aromatic carbocycles. The molecule has 1 aromatic rings. The summed E-state index contributed by atoms with van der Waals surface area (Å²) in [6.07, 6.45) is 0.941. The average Bonchev–Trinajstić information content (AvgIpc) is 2.48. The van der Waals surface area contributed by atoms with E-state index >= 15 is 0 Å². The highest BCUT2D eigenvalue weighted by molar-refractivity contribution is 7.99. The maximum atomic E-state index is 6.04. The largest absolute Gasteiger partial charge is 0.378 e. The maximum Gasteiger partial charge on any atom is 0.191 e. The van der Waals surface area contributed by atoms with Crippen molar-refractivity contribution < 1.29 is 0 Å². The zero-order valence-electron chi connectivity index (χ0n) is 12.4. The van der Waals surface area contributed by atoms with Crippen molar-refractivity contribution in [1.82, 2.24) is 4.90 Å². The molecule has 0 radical (unpaired) electrons. The van der Waals surface area contributed by atoms with Gasteiger partial charge >= 0.3 is 0 Å². The molecule has 0 bridgehead atoms.